The molecular formula is C13H16FN3O. The van der Waals surface area contributed by atoms with Crippen molar-refractivity contribution in [2.24, 2.45) is 0 Å². The van der Waals surface area contributed by atoms with Gasteiger partial charge in [0.15, 0.2) is 5.76 Å². The molecule has 4 nitrogen and oxygen atoms in total. The van der Waals surface area contributed by atoms with Crippen molar-refractivity contribution in [1.82, 2.24) is 15.5 Å². The number of hydrogen-bond acceptors (Lipinski definition) is 4. The van der Waals surface area contributed by atoms with E-state index in [1.807, 2.05) is 0 Å². The largest absolute Gasteiger partial charge is 0.356 e. The molecule has 0 spiro atoms. The van der Waals surface area contributed by atoms with E-state index in [9.17, 15) is 4.39 Å². The van der Waals surface area contributed by atoms with Crippen molar-refractivity contribution in [2.45, 2.75) is 32.9 Å². The van der Waals surface area contributed by atoms with Crippen LogP contribution in [0.2, 0.25) is 0 Å². The fraction of sp³-hybridized carbons (Fsp3) is 0.385. The summed E-state index contributed by atoms with van der Waals surface area (Å²) < 4.78 is 18.3. The molecule has 0 aromatic carbocycles. The molecule has 0 aliphatic rings. The number of rotatable bonds is 3. The maximum atomic E-state index is 13.1. The molecule has 0 aliphatic carbocycles. The molecular weight excluding hydrogens is 233 g/mol. The van der Waals surface area contributed by atoms with Gasteiger partial charge in [0.05, 0.1) is 12.4 Å². The summed E-state index contributed by atoms with van der Waals surface area (Å²) in [5.41, 5.74) is 1.48. The van der Waals surface area contributed by atoms with E-state index in [-0.39, 0.29) is 5.54 Å². The maximum Gasteiger partial charge on any atom is 0.172 e. The molecule has 2 heterocycles. The van der Waals surface area contributed by atoms with Crippen LogP contribution in [0.25, 0.3) is 11.3 Å². The summed E-state index contributed by atoms with van der Waals surface area (Å²) in [7, 11) is 0. The number of aromatic nitrogens is 2. The molecule has 0 amide bonds. The summed E-state index contributed by atoms with van der Waals surface area (Å²) in [5.74, 6) is 0.164. The van der Waals surface area contributed by atoms with E-state index in [1.165, 1.54) is 6.07 Å². The molecule has 1 N–H and O–H groups in total. The Labute approximate surface area is 105 Å². The van der Waals surface area contributed by atoms with Crippen LogP contribution in [0.1, 0.15) is 26.3 Å². The van der Waals surface area contributed by atoms with Gasteiger partial charge in [-0.25, -0.2) is 4.39 Å². The van der Waals surface area contributed by atoms with Gasteiger partial charge in [-0.05, 0) is 26.8 Å². The Hall–Kier alpha value is -1.75. The van der Waals surface area contributed by atoms with E-state index < -0.39 is 5.82 Å². The van der Waals surface area contributed by atoms with E-state index in [2.05, 4.69) is 36.2 Å². The molecule has 0 bridgehead atoms. The second-order valence-corrected chi connectivity index (χ2v) is 5.18. The Morgan fingerprint density at radius 3 is 2.72 bits per heavy atom. The smallest absolute Gasteiger partial charge is 0.172 e. The summed E-state index contributed by atoms with van der Waals surface area (Å²) in [6.07, 6.45) is 4.36. The zero-order chi connectivity index (χ0) is 13.2. The van der Waals surface area contributed by atoms with Crippen LogP contribution in [0.15, 0.2) is 29.2 Å². The van der Waals surface area contributed by atoms with Gasteiger partial charge in [0.2, 0.25) is 0 Å². The minimum absolute atomic E-state index is 0.00523. The Kier molecular flexibility index (Phi) is 3.43. The molecule has 0 atom stereocenters. The van der Waals surface area contributed by atoms with Crippen molar-refractivity contribution < 1.29 is 8.91 Å². The molecule has 18 heavy (non-hydrogen) atoms. The normalized spacial score (nSPS) is 11.8. The van der Waals surface area contributed by atoms with Gasteiger partial charge in [0.25, 0.3) is 0 Å². The lowest BCUT2D eigenvalue weighted by atomic mass is 10.1. The highest BCUT2D eigenvalue weighted by atomic mass is 19.1. The second-order valence-electron chi connectivity index (χ2n) is 5.18. The van der Waals surface area contributed by atoms with E-state index in [4.69, 9.17) is 4.52 Å². The summed E-state index contributed by atoms with van der Waals surface area (Å²) >= 11 is 0. The van der Waals surface area contributed by atoms with Gasteiger partial charge in [-0.15, -0.1) is 0 Å². The van der Waals surface area contributed by atoms with Crippen molar-refractivity contribution in [3.63, 3.8) is 0 Å². The van der Waals surface area contributed by atoms with Crippen molar-refractivity contribution in [1.29, 1.82) is 0 Å². The summed E-state index contributed by atoms with van der Waals surface area (Å²) in [6.45, 7) is 6.83. The lowest BCUT2D eigenvalue weighted by Crippen LogP contribution is -2.35. The first kappa shape index (κ1) is 12.7. The molecule has 0 radical (unpaired) electrons. The monoisotopic (exact) mass is 249 g/mol. The standard InChI is InChI=1S/C13H16FN3O/c1-13(2,3)16-6-10-7-17-18-12(10)9-4-11(14)8-15-5-9/h4-5,7-8,16H,6H2,1-3H3. The molecule has 2 aromatic rings. The van der Waals surface area contributed by atoms with Gasteiger partial charge < -0.3 is 9.84 Å². The molecule has 0 unspecified atom stereocenters. The van der Waals surface area contributed by atoms with Crippen molar-refractivity contribution >= 4 is 0 Å². The van der Waals surface area contributed by atoms with E-state index >= 15 is 0 Å². The SMILES string of the molecule is CC(C)(C)NCc1cnoc1-c1cncc(F)c1. The second kappa shape index (κ2) is 4.86. The zero-order valence-electron chi connectivity index (χ0n) is 10.7. The van der Waals surface area contributed by atoms with Crippen molar-refractivity contribution in [3.05, 3.63) is 36.0 Å². The minimum atomic E-state index is -0.390. The Morgan fingerprint density at radius 1 is 1.28 bits per heavy atom. The lowest BCUT2D eigenvalue weighted by Gasteiger charge is -2.20. The van der Waals surface area contributed by atoms with Gasteiger partial charge in [-0.2, -0.15) is 0 Å². The number of nitrogens with zero attached hydrogens (tertiary/aromatic N) is 2. The third-order valence-electron chi connectivity index (χ3n) is 2.42. The van der Waals surface area contributed by atoms with Crippen LogP contribution < -0.4 is 5.32 Å². The first-order chi connectivity index (χ1) is 8.46. The highest BCUT2D eigenvalue weighted by Crippen LogP contribution is 2.23. The molecule has 0 aliphatic heterocycles. The Bertz CT molecular complexity index is 531. The van der Waals surface area contributed by atoms with Crippen LogP contribution in [0.4, 0.5) is 4.39 Å². The van der Waals surface area contributed by atoms with E-state index in [1.54, 1.807) is 12.4 Å². The molecule has 96 valence electrons. The predicted molar refractivity (Wildman–Crippen MR) is 66.3 cm³/mol. The summed E-state index contributed by atoms with van der Waals surface area (Å²) in [5, 5.41) is 7.10. The van der Waals surface area contributed by atoms with Crippen LogP contribution in [-0.2, 0) is 6.54 Å². The van der Waals surface area contributed by atoms with Gasteiger partial charge in [-0.1, -0.05) is 5.16 Å². The van der Waals surface area contributed by atoms with Crippen LogP contribution in [-0.4, -0.2) is 15.7 Å². The summed E-state index contributed by atoms with van der Waals surface area (Å²) in [4.78, 5) is 3.81. The number of halogens is 1. The van der Waals surface area contributed by atoms with Crippen molar-refractivity contribution in [3.8, 4) is 11.3 Å². The highest BCUT2D eigenvalue weighted by molar-refractivity contribution is 5.59. The third kappa shape index (κ3) is 3.13. The van der Waals surface area contributed by atoms with Gasteiger partial charge in [0.1, 0.15) is 5.82 Å². The Balaban J connectivity index is 2.23. The van der Waals surface area contributed by atoms with E-state index in [0.717, 1.165) is 11.8 Å². The van der Waals surface area contributed by atoms with E-state index in [0.29, 0.717) is 17.9 Å². The topological polar surface area (TPSA) is 51.0 Å². The zero-order valence-corrected chi connectivity index (χ0v) is 10.7. The Morgan fingerprint density at radius 2 is 2.06 bits per heavy atom. The maximum absolute atomic E-state index is 13.1. The first-order valence-electron chi connectivity index (χ1n) is 5.75. The quantitative estimate of drug-likeness (QED) is 0.908. The molecule has 0 saturated heterocycles. The van der Waals surface area contributed by atoms with Crippen LogP contribution in [0.3, 0.4) is 0 Å². The average molecular weight is 249 g/mol. The summed E-state index contributed by atoms with van der Waals surface area (Å²) in [6, 6.07) is 1.38. The highest BCUT2D eigenvalue weighted by Gasteiger charge is 2.15. The number of hydrogen-bond donors (Lipinski definition) is 1. The molecule has 5 heteroatoms. The van der Waals surface area contributed by atoms with Crippen LogP contribution in [0, 0.1) is 5.82 Å². The fourth-order valence-corrected chi connectivity index (χ4v) is 1.52. The van der Waals surface area contributed by atoms with Gasteiger partial charge >= 0.3 is 0 Å². The predicted octanol–water partition coefficient (Wildman–Crippen LogP) is 2.76. The lowest BCUT2D eigenvalue weighted by molar-refractivity contribution is 0.418. The van der Waals surface area contributed by atoms with Gasteiger partial charge in [0, 0.05) is 29.4 Å². The van der Waals surface area contributed by atoms with Gasteiger partial charge in [-0.3, -0.25) is 4.98 Å². The number of pyridine rings is 1. The molecule has 0 fully saturated rings. The van der Waals surface area contributed by atoms with Crippen LogP contribution >= 0.6 is 0 Å². The minimum Gasteiger partial charge on any atom is -0.356 e. The number of nitrogens with one attached hydrogen (secondary N) is 1. The first-order valence-corrected chi connectivity index (χ1v) is 5.75. The molecule has 2 aromatic heterocycles. The fourth-order valence-electron chi connectivity index (χ4n) is 1.52. The van der Waals surface area contributed by atoms with Crippen molar-refractivity contribution in [2.75, 3.05) is 0 Å². The molecule has 0 saturated carbocycles. The average Bonchev–Trinajstić information content (AvgIpc) is 2.73. The van der Waals surface area contributed by atoms with Crippen LogP contribution in [0.5, 0.6) is 0 Å². The third-order valence-corrected chi connectivity index (χ3v) is 2.42. The molecule has 2 rings (SSSR count).